The fraction of sp³-hybridized carbons (Fsp3) is 0.375. The average Bonchev–Trinajstić information content (AvgIpc) is 2.50. The predicted molar refractivity (Wildman–Crippen MR) is 81.0 cm³/mol. The highest BCUT2D eigenvalue weighted by Gasteiger charge is 2.33. The van der Waals surface area contributed by atoms with Crippen LogP contribution < -0.4 is 4.74 Å². The van der Waals surface area contributed by atoms with E-state index in [1.807, 2.05) is 0 Å². The Bertz CT molecular complexity index is 614. The molecule has 0 atom stereocenters. The molecule has 8 heteroatoms. The molecule has 1 aromatic rings. The number of halogens is 3. The van der Waals surface area contributed by atoms with Crippen LogP contribution in [0, 0.1) is 0 Å². The average molecular weight is 345 g/mol. The first-order valence-electron chi connectivity index (χ1n) is 7.16. The lowest BCUT2D eigenvalue weighted by molar-refractivity contribution is -0.138. The van der Waals surface area contributed by atoms with Gasteiger partial charge in [0.2, 0.25) is 0 Å². The number of hydrogen-bond acceptors (Lipinski definition) is 3. The van der Waals surface area contributed by atoms with E-state index in [1.165, 1.54) is 6.08 Å². The van der Waals surface area contributed by atoms with Crippen LogP contribution in [0.4, 0.5) is 13.2 Å². The van der Waals surface area contributed by atoms with Crippen LogP contribution >= 0.6 is 0 Å². The number of carboxylic acid groups (broad SMARTS) is 1. The minimum absolute atomic E-state index is 0.00163. The van der Waals surface area contributed by atoms with E-state index in [0.29, 0.717) is 12.5 Å². The molecule has 5 nitrogen and oxygen atoms in total. The van der Waals surface area contributed by atoms with Crippen molar-refractivity contribution in [2.24, 2.45) is 0 Å². The molecule has 0 aliphatic heterocycles. The summed E-state index contributed by atoms with van der Waals surface area (Å²) < 4.78 is 43.9. The van der Waals surface area contributed by atoms with E-state index in [-0.39, 0.29) is 24.5 Å². The van der Waals surface area contributed by atoms with E-state index < -0.39 is 30.2 Å². The number of carboxylic acids is 1. The monoisotopic (exact) mass is 345 g/mol. The largest absolute Gasteiger partial charge is 0.489 e. The molecular formula is C16H18F3NO4. The fourth-order valence-corrected chi connectivity index (χ4v) is 2.00. The Kier molecular flexibility index (Phi) is 6.82. The first-order valence-corrected chi connectivity index (χ1v) is 7.16. The molecule has 0 fully saturated rings. The van der Waals surface area contributed by atoms with Crippen molar-refractivity contribution in [2.75, 3.05) is 19.7 Å². The number of aliphatic carboxylic acids is 1. The van der Waals surface area contributed by atoms with E-state index in [9.17, 15) is 22.8 Å². The third kappa shape index (κ3) is 5.29. The molecule has 0 spiro atoms. The maximum absolute atomic E-state index is 12.9. The van der Waals surface area contributed by atoms with Crippen LogP contribution in [0.5, 0.6) is 5.75 Å². The normalized spacial score (nSPS) is 11.0. The summed E-state index contributed by atoms with van der Waals surface area (Å²) >= 11 is 0. The third-order valence-electron chi connectivity index (χ3n) is 3.00. The molecule has 1 amide bonds. The van der Waals surface area contributed by atoms with Gasteiger partial charge in [0.1, 0.15) is 18.9 Å². The molecule has 0 unspecified atom stereocenters. The molecule has 0 heterocycles. The van der Waals surface area contributed by atoms with E-state index >= 15 is 0 Å². The van der Waals surface area contributed by atoms with E-state index in [1.54, 1.807) is 6.92 Å². The van der Waals surface area contributed by atoms with Crippen molar-refractivity contribution in [1.29, 1.82) is 0 Å². The van der Waals surface area contributed by atoms with Crippen molar-refractivity contribution in [2.45, 2.75) is 19.5 Å². The van der Waals surface area contributed by atoms with Gasteiger partial charge < -0.3 is 14.7 Å². The Morgan fingerprint density at radius 3 is 2.54 bits per heavy atom. The second-order valence-corrected chi connectivity index (χ2v) is 4.93. The highest BCUT2D eigenvalue weighted by molar-refractivity contribution is 5.98. The van der Waals surface area contributed by atoms with Gasteiger partial charge in [0.05, 0.1) is 11.1 Å². The van der Waals surface area contributed by atoms with Gasteiger partial charge >= 0.3 is 12.1 Å². The zero-order chi connectivity index (χ0) is 18.3. The topological polar surface area (TPSA) is 66.8 Å². The van der Waals surface area contributed by atoms with Crippen molar-refractivity contribution in [1.82, 2.24) is 4.90 Å². The molecule has 0 aliphatic carbocycles. The molecule has 1 rings (SSSR count). The Morgan fingerprint density at radius 2 is 2.04 bits per heavy atom. The number of alkyl halides is 3. The number of hydrogen-bond donors (Lipinski definition) is 1. The van der Waals surface area contributed by atoms with Gasteiger partial charge in [-0.2, -0.15) is 13.2 Å². The van der Waals surface area contributed by atoms with Crippen LogP contribution in [0.25, 0.3) is 0 Å². The summed E-state index contributed by atoms with van der Waals surface area (Å²) in [6.07, 6.45) is -2.79. The van der Waals surface area contributed by atoms with Crippen molar-refractivity contribution in [3.8, 4) is 5.75 Å². The molecule has 1 N–H and O–H groups in total. The Labute approximate surface area is 137 Å². The lowest BCUT2D eigenvalue weighted by atomic mass is 10.1. The van der Waals surface area contributed by atoms with Crippen LogP contribution in [0.2, 0.25) is 0 Å². The van der Waals surface area contributed by atoms with Gasteiger partial charge in [0, 0.05) is 6.54 Å². The third-order valence-corrected chi connectivity index (χ3v) is 3.00. The minimum Gasteiger partial charge on any atom is -0.489 e. The number of carbonyl (C=O) groups excluding carboxylic acids is 1. The smallest absolute Gasteiger partial charge is 0.416 e. The summed E-state index contributed by atoms with van der Waals surface area (Å²) in [5.74, 6) is -2.14. The van der Waals surface area contributed by atoms with Crippen molar-refractivity contribution in [3.63, 3.8) is 0 Å². The summed E-state index contributed by atoms with van der Waals surface area (Å²) in [5.41, 5.74) is -1.34. The van der Waals surface area contributed by atoms with Crippen molar-refractivity contribution >= 4 is 11.9 Å². The standard InChI is InChI=1S/C16H18F3NO4/c1-3-7-20(10-14(21)22)15(23)12-9-11(16(17,18)19)5-6-13(12)24-8-4-2/h4-6,9H,2-3,7-8,10H2,1H3,(H,21,22). The highest BCUT2D eigenvalue weighted by atomic mass is 19.4. The molecular weight excluding hydrogens is 327 g/mol. The maximum Gasteiger partial charge on any atom is 0.416 e. The van der Waals surface area contributed by atoms with Crippen LogP contribution in [0.3, 0.4) is 0 Å². The van der Waals surface area contributed by atoms with Crippen LogP contribution in [0.1, 0.15) is 29.3 Å². The lowest BCUT2D eigenvalue weighted by Crippen LogP contribution is -2.36. The molecule has 0 bridgehead atoms. The fourth-order valence-electron chi connectivity index (χ4n) is 2.00. The Morgan fingerprint density at radius 1 is 1.38 bits per heavy atom. The van der Waals surface area contributed by atoms with Gasteiger partial charge in [0.25, 0.3) is 5.91 Å². The second kappa shape index (κ2) is 8.37. The summed E-state index contributed by atoms with van der Waals surface area (Å²) in [4.78, 5) is 24.4. The van der Waals surface area contributed by atoms with Crippen LogP contribution in [-0.4, -0.2) is 41.6 Å². The van der Waals surface area contributed by atoms with Gasteiger partial charge in [-0.1, -0.05) is 19.6 Å². The molecule has 132 valence electrons. The van der Waals surface area contributed by atoms with Crippen LogP contribution in [0.15, 0.2) is 30.9 Å². The number of nitrogens with zero attached hydrogens (tertiary/aromatic N) is 1. The SMILES string of the molecule is C=CCOc1ccc(C(F)(F)F)cc1C(=O)N(CCC)CC(=O)O. The van der Waals surface area contributed by atoms with Crippen molar-refractivity contribution in [3.05, 3.63) is 42.0 Å². The number of carbonyl (C=O) groups is 2. The number of rotatable bonds is 8. The van der Waals surface area contributed by atoms with Crippen molar-refractivity contribution < 1.29 is 32.6 Å². The number of amides is 1. The first-order chi connectivity index (χ1) is 11.2. The zero-order valence-corrected chi connectivity index (χ0v) is 13.1. The summed E-state index contributed by atoms with van der Waals surface area (Å²) in [5, 5.41) is 8.88. The van der Waals surface area contributed by atoms with Gasteiger partial charge in [0.15, 0.2) is 0 Å². The molecule has 0 aromatic heterocycles. The molecule has 24 heavy (non-hydrogen) atoms. The highest BCUT2D eigenvalue weighted by Crippen LogP contribution is 2.33. The van der Waals surface area contributed by atoms with Gasteiger partial charge in [-0.25, -0.2) is 0 Å². The van der Waals surface area contributed by atoms with E-state index in [4.69, 9.17) is 9.84 Å². The van der Waals surface area contributed by atoms with E-state index in [0.717, 1.165) is 17.0 Å². The van der Waals surface area contributed by atoms with Gasteiger partial charge in [-0.05, 0) is 24.6 Å². The number of benzene rings is 1. The van der Waals surface area contributed by atoms with Gasteiger partial charge in [-0.3, -0.25) is 9.59 Å². The first kappa shape index (κ1) is 19.5. The molecule has 0 aliphatic rings. The lowest BCUT2D eigenvalue weighted by Gasteiger charge is -2.22. The summed E-state index contributed by atoms with van der Waals surface area (Å²) in [6, 6.07) is 2.52. The van der Waals surface area contributed by atoms with Crippen LogP contribution in [-0.2, 0) is 11.0 Å². The quantitative estimate of drug-likeness (QED) is 0.735. The van der Waals surface area contributed by atoms with Gasteiger partial charge in [-0.15, -0.1) is 0 Å². The molecule has 0 saturated carbocycles. The molecule has 1 aromatic carbocycles. The summed E-state index contributed by atoms with van der Waals surface area (Å²) in [6.45, 7) is 4.65. The maximum atomic E-state index is 12.9. The molecule has 0 radical (unpaired) electrons. The zero-order valence-electron chi connectivity index (χ0n) is 13.1. The Balaban J connectivity index is 3.30. The summed E-state index contributed by atoms with van der Waals surface area (Å²) in [7, 11) is 0. The number of ether oxygens (including phenoxy) is 1. The van der Waals surface area contributed by atoms with E-state index in [2.05, 4.69) is 6.58 Å². The second-order valence-electron chi connectivity index (χ2n) is 4.93. The predicted octanol–water partition coefficient (Wildman–Crippen LogP) is 3.21. The molecule has 0 saturated heterocycles. The minimum atomic E-state index is -4.63. The Hall–Kier alpha value is -2.51.